The van der Waals surface area contributed by atoms with Crippen molar-refractivity contribution in [1.82, 2.24) is 0 Å². The highest BCUT2D eigenvalue weighted by molar-refractivity contribution is 5.81. The van der Waals surface area contributed by atoms with E-state index in [4.69, 9.17) is 0 Å². The van der Waals surface area contributed by atoms with Crippen molar-refractivity contribution >= 4 is 17.1 Å². The van der Waals surface area contributed by atoms with Gasteiger partial charge in [-0.25, -0.2) is 0 Å². The fourth-order valence-corrected chi connectivity index (χ4v) is 4.31. The van der Waals surface area contributed by atoms with Crippen LogP contribution < -0.4 is 4.90 Å². The first-order valence-corrected chi connectivity index (χ1v) is 12.3. The Kier molecular flexibility index (Phi) is 9.21. The molecule has 0 unspecified atom stereocenters. The lowest BCUT2D eigenvalue weighted by molar-refractivity contribution is 0.787. The summed E-state index contributed by atoms with van der Waals surface area (Å²) in [6.45, 7) is 6.83. The molecule has 1 nitrogen and oxygen atoms in total. The van der Waals surface area contributed by atoms with Crippen LogP contribution in [0.2, 0.25) is 0 Å². The molecule has 0 spiro atoms. The number of benzene rings is 3. The third-order valence-corrected chi connectivity index (χ3v) is 6.10. The van der Waals surface area contributed by atoms with E-state index >= 15 is 0 Å². The molecule has 0 bridgehead atoms. The van der Waals surface area contributed by atoms with Gasteiger partial charge in [-0.2, -0.15) is 0 Å². The molecule has 0 amide bonds. The Labute approximate surface area is 190 Å². The van der Waals surface area contributed by atoms with Crippen molar-refractivity contribution in [1.29, 1.82) is 0 Å². The number of unbranched alkanes of at least 4 members (excludes halogenated alkanes) is 3. The minimum Gasteiger partial charge on any atom is -0.310 e. The number of hydrogen-bond donors (Lipinski definition) is 0. The third kappa shape index (κ3) is 6.00. The maximum Gasteiger partial charge on any atom is 0.0493 e. The fourth-order valence-electron chi connectivity index (χ4n) is 4.31. The molecule has 3 aromatic rings. The molecule has 0 aromatic heterocycles. The van der Waals surface area contributed by atoms with Crippen LogP contribution in [0.25, 0.3) is 0 Å². The van der Waals surface area contributed by atoms with E-state index in [-0.39, 0.29) is 0 Å². The first kappa shape index (κ1) is 23.1. The van der Waals surface area contributed by atoms with Gasteiger partial charge in [-0.15, -0.1) is 0 Å². The summed E-state index contributed by atoms with van der Waals surface area (Å²) in [7, 11) is 0. The molecule has 164 valence electrons. The molecule has 1 heteroatoms. The maximum absolute atomic E-state index is 2.56. The SMILES string of the molecule is CCCCc1ccccc1N(c1ccccc1CCCC)c1ccccc1CCCC. The highest BCUT2D eigenvalue weighted by Crippen LogP contribution is 2.41. The van der Waals surface area contributed by atoms with Crippen LogP contribution in [0.5, 0.6) is 0 Å². The Hall–Kier alpha value is -2.54. The zero-order valence-corrected chi connectivity index (χ0v) is 19.7. The van der Waals surface area contributed by atoms with E-state index in [9.17, 15) is 0 Å². The topological polar surface area (TPSA) is 3.24 Å². The van der Waals surface area contributed by atoms with E-state index in [1.165, 1.54) is 72.3 Å². The first-order valence-electron chi connectivity index (χ1n) is 12.3. The highest BCUT2D eigenvalue weighted by Gasteiger charge is 2.20. The normalized spacial score (nSPS) is 10.9. The lowest BCUT2D eigenvalue weighted by Gasteiger charge is -2.31. The van der Waals surface area contributed by atoms with Crippen molar-refractivity contribution in [3.05, 3.63) is 89.5 Å². The van der Waals surface area contributed by atoms with E-state index in [1.54, 1.807) is 0 Å². The molecule has 0 saturated carbocycles. The van der Waals surface area contributed by atoms with Gasteiger partial charge in [-0.1, -0.05) is 94.6 Å². The number of anilines is 3. The van der Waals surface area contributed by atoms with E-state index in [1.807, 2.05) is 0 Å². The first-order chi connectivity index (χ1) is 15.3. The van der Waals surface area contributed by atoms with Gasteiger partial charge in [-0.05, 0) is 73.4 Å². The Morgan fingerprint density at radius 2 is 0.742 bits per heavy atom. The zero-order valence-electron chi connectivity index (χ0n) is 19.7. The summed E-state index contributed by atoms with van der Waals surface area (Å²) in [4.78, 5) is 2.56. The van der Waals surface area contributed by atoms with E-state index in [2.05, 4.69) is 98.5 Å². The van der Waals surface area contributed by atoms with Crippen molar-refractivity contribution in [2.24, 2.45) is 0 Å². The summed E-state index contributed by atoms with van der Waals surface area (Å²) < 4.78 is 0. The Morgan fingerprint density at radius 1 is 0.452 bits per heavy atom. The lowest BCUT2D eigenvalue weighted by atomic mass is 9.99. The summed E-state index contributed by atoms with van der Waals surface area (Å²) in [5.74, 6) is 0. The van der Waals surface area contributed by atoms with Crippen LogP contribution in [0.3, 0.4) is 0 Å². The number of rotatable bonds is 12. The van der Waals surface area contributed by atoms with Crippen LogP contribution in [0.4, 0.5) is 17.1 Å². The number of nitrogens with zero attached hydrogens (tertiary/aromatic N) is 1. The monoisotopic (exact) mass is 413 g/mol. The van der Waals surface area contributed by atoms with Gasteiger partial charge in [0, 0.05) is 17.1 Å². The number of hydrogen-bond acceptors (Lipinski definition) is 1. The van der Waals surface area contributed by atoms with Crippen molar-refractivity contribution in [2.45, 2.75) is 78.6 Å². The molecule has 31 heavy (non-hydrogen) atoms. The second-order valence-electron chi connectivity index (χ2n) is 8.53. The van der Waals surface area contributed by atoms with Gasteiger partial charge in [0.25, 0.3) is 0 Å². The average molecular weight is 414 g/mol. The van der Waals surface area contributed by atoms with Gasteiger partial charge in [-0.3, -0.25) is 0 Å². The van der Waals surface area contributed by atoms with Gasteiger partial charge < -0.3 is 4.90 Å². The minimum absolute atomic E-state index is 1.12. The summed E-state index contributed by atoms with van der Waals surface area (Å²) in [6, 6.07) is 27.1. The van der Waals surface area contributed by atoms with Crippen molar-refractivity contribution in [3.63, 3.8) is 0 Å². The summed E-state index contributed by atoms with van der Waals surface area (Å²) in [5.41, 5.74) is 8.34. The molecule has 0 fully saturated rings. The maximum atomic E-state index is 2.56. The molecule has 3 rings (SSSR count). The predicted octanol–water partition coefficient (Wildman–Crippen LogP) is 9.18. The van der Waals surface area contributed by atoms with Crippen LogP contribution >= 0.6 is 0 Å². The molecule has 3 aromatic carbocycles. The standard InChI is InChI=1S/C30H39N/c1-4-7-16-25-19-10-13-22-28(25)31(29-23-14-11-20-26(29)17-8-5-2)30-24-15-12-21-27(30)18-9-6-3/h10-15,19-24H,4-9,16-18H2,1-3H3. The molecule has 0 heterocycles. The molecule has 0 aliphatic carbocycles. The second-order valence-corrected chi connectivity index (χ2v) is 8.53. The van der Waals surface area contributed by atoms with E-state index < -0.39 is 0 Å². The number of para-hydroxylation sites is 3. The van der Waals surface area contributed by atoms with Crippen LogP contribution in [0.1, 0.15) is 76.0 Å². The summed E-state index contributed by atoms with van der Waals surface area (Å²) in [6.07, 6.45) is 10.7. The van der Waals surface area contributed by atoms with Gasteiger partial charge in [0.1, 0.15) is 0 Å². The summed E-state index contributed by atoms with van der Waals surface area (Å²) in [5, 5.41) is 0. The molecule has 0 aliphatic heterocycles. The minimum atomic E-state index is 1.12. The van der Waals surface area contributed by atoms with Crippen LogP contribution in [-0.4, -0.2) is 0 Å². The molecule has 0 N–H and O–H groups in total. The van der Waals surface area contributed by atoms with E-state index in [0.717, 1.165) is 19.3 Å². The quantitative estimate of drug-likeness (QED) is 0.286. The predicted molar refractivity (Wildman–Crippen MR) is 137 cm³/mol. The van der Waals surface area contributed by atoms with Crippen molar-refractivity contribution in [3.8, 4) is 0 Å². The van der Waals surface area contributed by atoms with Crippen molar-refractivity contribution < 1.29 is 0 Å². The highest BCUT2D eigenvalue weighted by atomic mass is 15.1. The largest absolute Gasteiger partial charge is 0.310 e. The zero-order chi connectivity index (χ0) is 21.9. The Balaban J connectivity index is 2.18. The Bertz CT molecular complexity index is 805. The molecule has 0 saturated heterocycles. The van der Waals surface area contributed by atoms with E-state index in [0.29, 0.717) is 0 Å². The molecular formula is C30H39N. The lowest BCUT2D eigenvalue weighted by Crippen LogP contribution is -2.16. The smallest absolute Gasteiger partial charge is 0.0493 e. The van der Waals surface area contributed by atoms with Gasteiger partial charge in [0.15, 0.2) is 0 Å². The molecule has 0 radical (unpaired) electrons. The van der Waals surface area contributed by atoms with Gasteiger partial charge in [0.2, 0.25) is 0 Å². The molecular weight excluding hydrogens is 374 g/mol. The fraction of sp³-hybridized carbons (Fsp3) is 0.400. The third-order valence-electron chi connectivity index (χ3n) is 6.10. The van der Waals surface area contributed by atoms with Gasteiger partial charge >= 0.3 is 0 Å². The van der Waals surface area contributed by atoms with Crippen LogP contribution in [-0.2, 0) is 19.3 Å². The molecule has 0 atom stereocenters. The van der Waals surface area contributed by atoms with Crippen LogP contribution in [0.15, 0.2) is 72.8 Å². The number of aryl methyl sites for hydroxylation is 3. The Morgan fingerprint density at radius 3 is 1.03 bits per heavy atom. The summed E-state index contributed by atoms with van der Waals surface area (Å²) >= 11 is 0. The second kappa shape index (κ2) is 12.3. The van der Waals surface area contributed by atoms with Crippen molar-refractivity contribution in [2.75, 3.05) is 4.90 Å². The van der Waals surface area contributed by atoms with Gasteiger partial charge in [0.05, 0.1) is 0 Å². The average Bonchev–Trinajstić information content (AvgIpc) is 2.82. The van der Waals surface area contributed by atoms with Crippen LogP contribution in [0, 0.1) is 0 Å². The molecule has 0 aliphatic rings.